The van der Waals surface area contributed by atoms with E-state index in [0.717, 1.165) is 0 Å². The molecule has 1 aromatic heterocycles. The van der Waals surface area contributed by atoms with Crippen LogP contribution in [0.15, 0.2) is 40.0 Å². The zero-order valence-electron chi connectivity index (χ0n) is 13.4. The van der Waals surface area contributed by atoms with E-state index in [1.165, 1.54) is 12.0 Å². The van der Waals surface area contributed by atoms with E-state index in [2.05, 4.69) is 4.98 Å². The Labute approximate surface area is 137 Å². The maximum absolute atomic E-state index is 13.3. The number of rotatable bonds is 1. The minimum Gasteiger partial charge on any atom is -0.466 e. The molecule has 1 aromatic carbocycles. The van der Waals surface area contributed by atoms with Crippen molar-refractivity contribution in [3.8, 4) is 11.3 Å². The number of carbonyl (C=O) groups excluding carboxylic acids is 2. The van der Waals surface area contributed by atoms with E-state index in [1.807, 2.05) is 18.2 Å². The van der Waals surface area contributed by atoms with Crippen molar-refractivity contribution in [2.45, 2.75) is 12.3 Å². The molecule has 0 unspecified atom stereocenters. The van der Waals surface area contributed by atoms with E-state index >= 15 is 0 Å². The maximum Gasteiger partial charge on any atom is 0.337 e. The molecule has 7 nitrogen and oxygen atoms in total. The van der Waals surface area contributed by atoms with Gasteiger partial charge >= 0.3 is 5.97 Å². The van der Waals surface area contributed by atoms with E-state index in [4.69, 9.17) is 14.9 Å². The number of methoxy groups -OCH3 is 1. The first-order valence-electron chi connectivity index (χ1n) is 7.39. The lowest BCUT2D eigenvalue weighted by atomic mass is 9.74. The SMILES string of the molecule is COC(=O)C1=C(C)N(C)C(=O)[C@]12c1ccccc1-c1oc(N)nc12. The van der Waals surface area contributed by atoms with Crippen LogP contribution in [-0.2, 0) is 19.7 Å². The molecule has 122 valence electrons. The van der Waals surface area contributed by atoms with Crippen LogP contribution in [0, 0.1) is 0 Å². The lowest BCUT2D eigenvalue weighted by molar-refractivity contribution is -0.138. The first kappa shape index (κ1) is 14.5. The highest BCUT2D eigenvalue weighted by Gasteiger charge is 2.62. The Bertz CT molecular complexity index is 943. The Balaban J connectivity index is 2.16. The van der Waals surface area contributed by atoms with Gasteiger partial charge in [-0.2, -0.15) is 4.98 Å². The number of carbonyl (C=O) groups is 2. The number of anilines is 1. The summed E-state index contributed by atoms with van der Waals surface area (Å²) in [5.74, 6) is -0.435. The van der Waals surface area contributed by atoms with Crippen LogP contribution in [0.25, 0.3) is 11.3 Å². The fraction of sp³-hybridized carbons (Fsp3) is 0.235. The summed E-state index contributed by atoms with van der Waals surface area (Å²) in [6.45, 7) is 1.71. The Morgan fingerprint density at radius 3 is 2.79 bits per heavy atom. The highest BCUT2D eigenvalue weighted by atomic mass is 16.5. The summed E-state index contributed by atoms with van der Waals surface area (Å²) in [7, 11) is 2.91. The highest BCUT2D eigenvalue weighted by molar-refractivity contribution is 6.14. The number of aromatic nitrogens is 1. The minimum absolute atomic E-state index is 0.0434. The van der Waals surface area contributed by atoms with Crippen molar-refractivity contribution >= 4 is 17.9 Å². The van der Waals surface area contributed by atoms with Gasteiger partial charge in [-0.15, -0.1) is 0 Å². The lowest BCUT2D eigenvalue weighted by Crippen LogP contribution is -2.41. The summed E-state index contributed by atoms with van der Waals surface area (Å²) < 4.78 is 10.5. The zero-order valence-corrected chi connectivity index (χ0v) is 13.4. The molecule has 2 aliphatic rings. The molecule has 0 saturated carbocycles. The van der Waals surface area contributed by atoms with Crippen molar-refractivity contribution in [3.63, 3.8) is 0 Å². The molecule has 1 atom stereocenters. The molecule has 1 spiro atoms. The second-order valence-corrected chi connectivity index (χ2v) is 5.84. The molecule has 0 saturated heterocycles. The van der Waals surface area contributed by atoms with Crippen LogP contribution in [0.5, 0.6) is 0 Å². The number of hydrogen-bond donors (Lipinski definition) is 1. The number of ether oxygens (including phenoxy) is 1. The van der Waals surface area contributed by atoms with Crippen LogP contribution in [0.3, 0.4) is 0 Å². The molecule has 2 heterocycles. The van der Waals surface area contributed by atoms with Crippen LogP contribution in [-0.4, -0.2) is 35.9 Å². The molecule has 2 aromatic rings. The number of allylic oxidation sites excluding steroid dienone is 1. The van der Waals surface area contributed by atoms with E-state index in [0.29, 0.717) is 28.3 Å². The smallest absolute Gasteiger partial charge is 0.337 e. The summed E-state index contributed by atoms with van der Waals surface area (Å²) in [6, 6.07) is 7.22. The highest BCUT2D eigenvalue weighted by Crippen LogP contribution is 2.57. The van der Waals surface area contributed by atoms with Crippen LogP contribution in [0.4, 0.5) is 6.01 Å². The Morgan fingerprint density at radius 2 is 2.08 bits per heavy atom. The molecule has 1 aliphatic carbocycles. The largest absolute Gasteiger partial charge is 0.466 e. The molecular formula is C17H15N3O4. The number of benzene rings is 1. The Morgan fingerprint density at radius 1 is 1.38 bits per heavy atom. The molecule has 1 amide bonds. The molecule has 1 aliphatic heterocycles. The molecule has 0 bridgehead atoms. The third-order valence-electron chi connectivity index (χ3n) is 4.83. The van der Waals surface area contributed by atoms with Gasteiger partial charge in [-0.3, -0.25) is 4.79 Å². The Hall–Kier alpha value is -3.09. The quantitative estimate of drug-likeness (QED) is 0.797. The van der Waals surface area contributed by atoms with Gasteiger partial charge in [0, 0.05) is 18.3 Å². The van der Waals surface area contributed by atoms with E-state index < -0.39 is 11.4 Å². The molecule has 0 fully saturated rings. The van der Waals surface area contributed by atoms with Gasteiger partial charge < -0.3 is 19.8 Å². The van der Waals surface area contributed by atoms with Gasteiger partial charge in [-0.1, -0.05) is 24.3 Å². The van der Waals surface area contributed by atoms with Crippen LogP contribution < -0.4 is 5.73 Å². The average Bonchev–Trinajstić information content (AvgIpc) is 3.15. The summed E-state index contributed by atoms with van der Waals surface area (Å²) in [6.07, 6.45) is 0. The summed E-state index contributed by atoms with van der Waals surface area (Å²) >= 11 is 0. The molecule has 0 radical (unpaired) electrons. The summed E-state index contributed by atoms with van der Waals surface area (Å²) in [5, 5.41) is 0. The topological polar surface area (TPSA) is 98.7 Å². The summed E-state index contributed by atoms with van der Waals surface area (Å²) in [4.78, 5) is 31.5. The standard InChI is InChI=1S/C17H15N3O4/c1-8-11(14(21)23-3)17(15(22)20(8)2)10-7-5-4-6-9(10)12-13(17)19-16(18)24-12/h4-7H,1-3H3,(H2,18,19)/t17-/m1/s1. The summed E-state index contributed by atoms with van der Waals surface area (Å²) in [5.41, 5.74) is 6.83. The Kier molecular flexibility index (Phi) is 2.70. The molecule has 24 heavy (non-hydrogen) atoms. The van der Waals surface area contributed by atoms with Crippen molar-refractivity contribution < 1.29 is 18.7 Å². The molecule has 2 N–H and O–H groups in total. The number of esters is 1. The van der Waals surface area contributed by atoms with Gasteiger partial charge in [0.25, 0.3) is 6.01 Å². The van der Waals surface area contributed by atoms with Gasteiger partial charge in [0.15, 0.2) is 11.2 Å². The number of nitrogen functional groups attached to an aromatic ring is 1. The molecule has 7 heteroatoms. The third kappa shape index (κ3) is 1.40. The second-order valence-electron chi connectivity index (χ2n) is 5.84. The van der Waals surface area contributed by atoms with Gasteiger partial charge in [0.2, 0.25) is 5.91 Å². The van der Waals surface area contributed by atoms with Crippen LogP contribution >= 0.6 is 0 Å². The predicted octanol–water partition coefficient (Wildman–Crippen LogP) is 1.44. The molecule has 4 rings (SSSR count). The van der Waals surface area contributed by atoms with E-state index in [-0.39, 0.29) is 17.5 Å². The van der Waals surface area contributed by atoms with Crippen LogP contribution in [0.2, 0.25) is 0 Å². The maximum atomic E-state index is 13.3. The number of oxazole rings is 1. The first-order valence-corrected chi connectivity index (χ1v) is 7.39. The number of likely N-dealkylation sites (N-methyl/N-ethyl adjacent to an activating group) is 1. The predicted molar refractivity (Wildman–Crippen MR) is 84.6 cm³/mol. The average molecular weight is 325 g/mol. The normalized spacial score (nSPS) is 21.5. The lowest BCUT2D eigenvalue weighted by Gasteiger charge is -2.25. The van der Waals surface area contributed by atoms with Crippen molar-refractivity contribution in [2.75, 3.05) is 19.9 Å². The monoisotopic (exact) mass is 325 g/mol. The van der Waals surface area contributed by atoms with Gasteiger partial charge in [0.05, 0.1) is 12.7 Å². The van der Waals surface area contributed by atoms with Crippen molar-refractivity contribution in [3.05, 3.63) is 46.8 Å². The first-order chi connectivity index (χ1) is 11.4. The van der Waals surface area contributed by atoms with Crippen LogP contribution in [0.1, 0.15) is 18.2 Å². The number of fused-ring (bicyclic) bond motifs is 5. The number of nitrogens with zero attached hydrogens (tertiary/aromatic N) is 2. The number of nitrogens with two attached hydrogens (primary N) is 1. The van der Waals surface area contributed by atoms with E-state index in [9.17, 15) is 9.59 Å². The van der Waals surface area contributed by atoms with Crippen molar-refractivity contribution in [2.24, 2.45) is 0 Å². The fourth-order valence-corrected chi connectivity index (χ4v) is 3.73. The van der Waals surface area contributed by atoms with Crippen molar-refractivity contribution in [1.29, 1.82) is 0 Å². The third-order valence-corrected chi connectivity index (χ3v) is 4.83. The second kappa shape index (κ2) is 4.47. The fourth-order valence-electron chi connectivity index (χ4n) is 3.73. The van der Waals surface area contributed by atoms with Crippen molar-refractivity contribution in [1.82, 2.24) is 9.88 Å². The van der Waals surface area contributed by atoms with Gasteiger partial charge in [-0.05, 0) is 12.5 Å². The minimum atomic E-state index is -1.38. The zero-order chi connectivity index (χ0) is 17.2. The number of hydrogen-bond acceptors (Lipinski definition) is 6. The van der Waals surface area contributed by atoms with Gasteiger partial charge in [-0.25, -0.2) is 4.79 Å². The number of amides is 1. The van der Waals surface area contributed by atoms with E-state index in [1.54, 1.807) is 20.0 Å². The van der Waals surface area contributed by atoms with Gasteiger partial charge in [0.1, 0.15) is 5.69 Å². The molecular weight excluding hydrogens is 310 g/mol.